The van der Waals surface area contributed by atoms with Crippen molar-refractivity contribution in [1.29, 1.82) is 0 Å². The van der Waals surface area contributed by atoms with Crippen LogP contribution in [0.15, 0.2) is 40.8 Å². The van der Waals surface area contributed by atoms with Crippen molar-refractivity contribution in [2.24, 2.45) is 5.73 Å². The molecule has 1 amide bonds. The molecule has 9 heteroatoms. The first-order valence-electron chi connectivity index (χ1n) is 12.1. The van der Waals surface area contributed by atoms with Gasteiger partial charge in [0, 0.05) is 50.3 Å². The van der Waals surface area contributed by atoms with E-state index in [0.29, 0.717) is 6.04 Å². The lowest BCUT2D eigenvalue weighted by atomic mass is 9.91. The summed E-state index contributed by atoms with van der Waals surface area (Å²) in [6.45, 7) is 3.92. The first-order chi connectivity index (χ1) is 16.3. The van der Waals surface area contributed by atoms with Crippen LogP contribution in [0.4, 0.5) is 5.82 Å². The van der Waals surface area contributed by atoms with E-state index in [1.54, 1.807) is 19.0 Å². The van der Waals surface area contributed by atoms with Crippen LogP contribution in [0.2, 0.25) is 0 Å². The van der Waals surface area contributed by atoms with Crippen molar-refractivity contribution in [3.63, 3.8) is 0 Å². The van der Waals surface area contributed by atoms with Crippen LogP contribution in [0.1, 0.15) is 62.0 Å². The van der Waals surface area contributed by atoms with E-state index in [0.717, 1.165) is 71.2 Å². The minimum absolute atomic E-state index is 0.0337. The summed E-state index contributed by atoms with van der Waals surface area (Å²) in [6.07, 6.45) is 12.1. The first-order valence-corrected chi connectivity index (χ1v) is 12.9. The Morgan fingerprint density at radius 2 is 1.76 bits per heavy atom. The van der Waals surface area contributed by atoms with Gasteiger partial charge in [-0.25, -0.2) is 15.0 Å². The highest BCUT2D eigenvalue weighted by Gasteiger charge is 2.27. The summed E-state index contributed by atoms with van der Waals surface area (Å²) in [7, 11) is 3.61. The zero-order chi connectivity index (χ0) is 23.9. The monoisotopic (exact) mass is 479 g/mol. The molecule has 0 atom stereocenters. The zero-order valence-electron chi connectivity index (χ0n) is 20.2. The molecule has 34 heavy (non-hydrogen) atoms. The van der Waals surface area contributed by atoms with E-state index in [9.17, 15) is 4.79 Å². The van der Waals surface area contributed by atoms with Crippen LogP contribution in [-0.4, -0.2) is 63.0 Å². The minimum Gasteiger partial charge on any atom is -0.355 e. The highest BCUT2D eigenvalue weighted by molar-refractivity contribution is 7.99. The molecule has 2 fully saturated rings. The Morgan fingerprint density at radius 1 is 1.06 bits per heavy atom. The molecule has 3 aromatic heterocycles. The second kappa shape index (κ2) is 9.19. The molecule has 0 bridgehead atoms. The van der Waals surface area contributed by atoms with Crippen LogP contribution >= 0.6 is 11.8 Å². The molecule has 4 heterocycles. The molecule has 2 N–H and O–H groups in total. The van der Waals surface area contributed by atoms with Crippen LogP contribution in [0.3, 0.4) is 0 Å². The van der Waals surface area contributed by atoms with Crippen molar-refractivity contribution in [3.05, 3.63) is 36.4 Å². The Kier molecular flexibility index (Phi) is 6.24. The number of carbonyl (C=O) groups is 1. The van der Waals surface area contributed by atoms with Crippen LogP contribution in [0.25, 0.3) is 10.9 Å². The third-order valence-corrected chi connectivity index (χ3v) is 7.92. The Balaban J connectivity index is 1.39. The van der Waals surface area contributed by atoms with Crippen molar-refractivity contribution >= 4 is 34.4 Å². The second-order valence-corrected chi connectivity index (χ2v) is 11.1. The standard InChI is InChI=1S/C25H33N7OS/c1-25(26)8-10-31(11-9-25)21-15-29-23(16-27-21)34-22-13-19-17(14-28-22)12-20(24(33)30(2)3)32(19)18-6-4-5-7-18/h12-16,18H,4-11,26H2,1-3H3. The van der Waals surface area contributed by atoms with Gasteiger partial charge < -0.3 is 20.1 Å². The number of anilines is 1. The number of aromatic nitrogens is 4. The van der Waals surface area contributed by atoms with E-state index in [-0.39, 0.29) is 11.4 Å². The second-order valence-electron chi connectivity index (χ2n) is 10.1. The van der Waals surface area contributed by atoms with Crippen molar-refractivity contribution in [2.75, 3.05) is 32.1 Å². The molecule has 0 unspecified atom stereocenters. The van der Waals surface area contributed by atoms with Gasteiger partial charge in [0.15, 0.2) is 0 Å². The number of pyridine rings is 1. The predicted molar refractivity (Wildman–Crippen MR) is 135 cm³/mol. The number of hydrogen-bond acceptors (Lipinski definition) is 7. The molecule has 2 aliphatic rings. The van der Waals surface area contributed by atoms with Crippen molar-refractivity contribution in [1.82, 2.24) is 24.4 Å². The molecule has 3 aromatic rings. The average Bonchev–Trinajstić information content (AvgIpc) is 3.46. The average molecular weight is 480 g/mol. The van der Waals surface area contributed by atoms with Crippen molar-refractivity contribution in [3.8, 4) is 0 Å². The summed E-state index contributed by atoms with van der Waals surface area (Å²) < 4.78 is 2.24. The fourth-order valence-electron chi connectivity index (χ4n) is 4.99. The third-order valence-electron chi connectivity index (χ3n) is 7.07. The quantitative estimate of drug-likeness (QED) is 0.588. The summed E-state index contributed by atoms with van der Waals surface area (Å²) in [6, 6.07) is 4.43. The van der Waals surface area contributed by atoms with E-state index >= 15 is 0 Å². The van der Waals surface area contributed by atoms with Gasteiger partial charge in [0.1, 0.15) is 21.6 Å². The fraction of sp³-hybridized carbons (Fsp3) is 0.520. The largest absolute Gasteiger partial charge is 0.355 e. The minimum atomic E-state index is -0.0861. The summed E-state index contributed by atoms with van der Waals surface area (Å²) in [5.41, 5.74) is 7.98. The molecule has 1 saturated carbocycles. The van der Waals surface area contributed by atoms with E-state index in [4.69, 9.17) is 5.73 Å². The Hall–Kier alpha value is -2.65. The maximum absolute atomic E-state index is 12.9. The number of nitrogens with two attached hydrogens (primary N) is 1. The van der Waals surface area contributed by atoms with Gasteiger partial charge in [0.25, 0.3) is 5.91 Å². The van der Waals surface area contributed by atoms with E-state index in [1.807, 2.05) is 24.7 Å². The molecule has 1 aliphatic carbocycles. The van der Waals surface area contributed by atoms with E-state index in [1.165, 1.54) is 24.6 Å². The molecule has 1 saturated heterocycles. The Bertz CT molecular complexity index is 1170. The summed E-state index contributed by atoms with van der Waals surface area (Å²) in [5.74, 6) is 0.927. The maximum atomic E-state index is 12.9. The topological polar surface area (TPSA) is 93.2 Å². The number of fused-ring (bicyclic) bond motifs is 1. The smallest absolute Gasteiger partial charge is 0.270 e. The molecule has 0 aromatic carbocycles. The molecular formula is C25H33N7OS. The van der Waals surface area contributed by atoms with Crippen LogP contribution in [-0.2, 0) is 0 Å². The predicted octanol–water partition coefficient (Wildman–Crippen LogP) is 4.11. The third kappa shape index (κ3) is 4.63. The Morgan fingerprint density at radius 3 is 2.41 bits per heavy atom. The number of nitrogens with zero attached hydrogens (tertiary/aromatic N) is 6. The Labute approximate surface area is 204 Å². The molecule has 0 radical (unpaired) electrons. The maximum Gasteiger partial charge on any atom is 0.270 e. The zero-order valence-corrected chi connectivity index (χ0v) is 21.0. The number of hydrogen-bond donors (Lipinski definition) is 1. The number of amides is 1. The van der Waals surface area contributed by atoms with Crippen molar-refractivity contribution in [2.45, 2.75) is 67.1 Å². The van der Waals surface area contributed by atoms with Gasteiger partial charge in [-0.1, -0.05) is 12.8 Å². The lowest BCUT2D eigenvalue weighted by molar-refractivity contribution is 0.0815. The highest BCUT2D eigenvalue weighted by atomic mass is 32.2. The first kappa shape index (κ1) is 23.1. The van der Waals surface area contributed by atoms with E-state index < -0.39 is 0 Å². The molecule has 5 rings (SSSR count). The van der Waals surface area contributed by atoms with E-state index in [2.05, 4.69) is 37.4 Å². The molecule has 0 spiro atoms. The SMILES string of the molecule is CN(C)C(=O)c1cc2cnc(Sc3cnc(N4CCC(C)(N)CC4)cn3)cc2n1C1CCCC1. The number of carbonyl (C=O) groups excluding carboxylic acids is 1. The fourth-order valence-corrected chi connectivity index (χ4v) is 5.69. The molecule has 180 valence electrons. The highest BCUT2D eigenvalue weighted by Crippen LogP contribution is 2.36. The summed E-state index contributed by atoms with van der Waals surface area (Å²) in [4.78, 5) is 30.8. The van der Waals surface area contributed by atoms with Gasteiger partial charge in [-0.05, 0) is 56.5 Å². The molecule has 8 nitrogen and oxygen atoms in total. The summed E-state index contributed by atoms with van der Waals surface area (Å²) >= 11 is 1.50. The number of rotatable bonds is 5. The van der Waals surface area contributed by atoms with Gasteiger partial charge in [0.05, 0.1) is 17.9 Å². The van der Waals surface area contributed by atoms with Crippen molar-refractivity contribution < 1.29 is 4.79 Å². The lowest BCUT2D eigenvalue weighted by Gasteiger charge is -2.37. The van der Waals surface area contributed by atoms with Crippen LogP contribution in [0.5, 0.6) is 0 Å². The lowest BCUT2D eigenvalue weighted by Crippen LogP contribution is -2.48. The van der Waals surface area contributed by atoms with Gasteiger partial charge in [-0.15, -0.1) is 0 Å². The van der Waals surface area contributed by atoms with Crippen LogP contribution in [0, 0.1) is 0 Å². The normalized spacial score (nSPS) is 18.5. The van der Waals surface area contributed by atoms with Gasteiger partial charge in [-0.2, -0.15) is 0 Å². The molecular weight excluding hydrogens is 446 g/mol. The van der Waals surface area contributed by atoms with Gasteiger partial charge >= 0.3 is 0 Å². The summed E-state index contributed by atoms with van der Waals surface area (Å²) in [5, 5.41) is 2.66. The van der Waals surface area contributed by atoms with Crippen LogP contribution < -0.4 is 10.6 Å². The van der Waals surface area contributed by atoms with Gasteiger partial charge in [-0.3, -0.25) is 4.79 Å². The van der Waals surface area contributed by atoms with Gasteiger partial charge in [0.2, 0.25) is 0 Å². The molecule has 1 aliphatic heterocycles. The number of piperidine rings is 1.